The lowest BCUT2D eigenvalue weighted by molar-refractivity contribution is -0.150. The summed E-state index contributed by atoms with van der Waals surface area (Å²) in [5.74, 6) is -0.486. The van der Waals surface area contributed by atoms with E-state index in [0.29, 0.717) is 17.9 Å². The average Bonchev–Trinajstić information content (AvgIpc) is 2.25. The lowest BCUT2D eigenvalue weighted by atomic mass is 10.1. The first-order valence-corrected chi connectivity index (χ1v) is 4.68. The second kappa shape index (κ2) is 5.36. The minimum Gasteiger partial charge on any atom is -0.496 e. The molecule has 82 valence electrons. The maximum atomic E-state index is 11.0. The lowest BCUT2D eigenvalue weighted by Crippen LogP contribution is -2.16. The maximum Gasteiger partial charge on any atom is 0.337 e. The van der Waals surface area contributed by atoms with E-state index in [0.717, 1.165) is 0 Å². The number of aliphatic carboxylic acids is 1. The van der Waals surface area contributed by atoms with Crippen LogP contribution < -0.4 is 4.74 Å². The molecule has 4 heteroatoms. The van der Waals surface area contributed by atoms with Crippen LogP contribution in [-0.4, -0.2) is 24.8 Å². The molecule has 0 aliphatic heterocycles. The minimum absolute atomic E-state index is 0.342. The molecule has 0 saturated heterocycles. The van der Waals surface area contributed by atoms with E-state index in [9.17, 15) is 4.79 Å². The molecule has 0 aliphatic carbocycles. The standard InChI is InChI=1S/C11H14O4/c1-3-15-10(11(12)13)8-6-4-5-7-9(8)14-2/h4-7,10H,3H2,1-2H3,(H,12,13). The van der Waals surface area contributed by atoms with Crippen LogP contribution in [0.15, 0.2) is 24.3 Å². The zero-order valence-corrected chi connectivity index (χ0v) is 8.77. The van der Waals surface area contributed by atoms with Crippen molar-refractivity contribution < 1.29 is 19.4 Å². The maximum absolute atomic E-state index is 11.0. The molecule has 1 N–H and O–H groups in total. The van der Waals surface area contributed by atoms with Gasteiger partial charge in [0.25, 0.3) is 0 Å². The molecule has 15 heavy (non-hydrogen) atoms. The van der Waals surface area contributed by atoms with Gasteiger partial charge in [-0.1, -0.05) is 18.2 Å². The SMILES string of the molecule is CCOC(C(=O)O)c1ccccc1OC. The smallest absolute Gasteiger partial charge is 0.337 e. The second-order valence-corrected chi connectivity index (χ2v) is 2.92. The van der Waals surface area contributed by atoms with E-state index in [4.69, 9.17) is 14.6 Å². The Hall–Kier alpha value is -1.55. The van der Waals surface area contributed by atoms with Gasteiger partial charge in [0, 0.05) is 12.2 Å². The predicted octanol–water partition coefficient (Wildman–Crippen LogP) is 1.86. The first-order chi connectivity index (χ1) is 7.20. The van der Waals surface area contributed by atoms with E-state index in [1.54, 1.807) is 31.2 Å². The molecule has 0 radical (unpaired) electrons. The monoisotopic (exact) mass is 210 g/mol. The Kier molecular flexibility index (Phi) is 4.12. The molecule has 1 unspecified atom stereocenters. The number of hydrogen-bond donors (Lipinski definition) is 1. The quantitative estimate of drug-likeness (QED) is 0.805. The lowest BCUT2D eigenvalue weighted by Gasteiger charge is -2.15. The summed E-state index contributed by atoms with van der Waals surface area (Å²) >= 11 is 0. The van der Waals surface area contributed by atoms with Crippen LogP contribution in [0.3, 0.4) is 0 Å². The Bertz CT molecular complexity index is 335. The molecule has 1 aromatic rings. The van der Waals surface area contributed by atoms with Gasteiger partial charge in [0.15, 0.2) is 6.10 Å². The molecule has 0 amide bonds. The Labute approximate surface area is 88.4 Å². The van der Waals surface area contributed by atoms with Gasteiger partial charge in [0.1, 0.15) is 5.75 Å². The van der Waals surface area contributed by atoms with Crippen LogP contribution >= 0.6 is 0 Å². The van der Waals surface area contributed by atoms with Crippen LogP contribution in [0.2, 0.25) is 0 Å². The third-order valence-corrected chi connectivity index (χ3v) is 1.98. The van der Waals surface area contributed by atoms with Crippen LogP contribution in [0.1, 0.15) is 18.6 Å². The van der Waals surface area contributed by atoms with Crippen LogP contribution in [0.4, 0.5) is 0 Å². The van der Waals surface area contributed by atoms with Crippen LogP contribution in [-0.2, 0) is 9.53 Å². The molecular weight excluding hydrogens is 196 g/mol. The topological polar surface area (TPSA) is 55.8 Å². The number of rotatable bonds is 5. The fourth-order valence-electron chi connectivity index (χ4n) is 1.34. The molecule has 1 aromatic carbocycles. The van der Waals surface area contributed by atoms with E-state index >= 15 is 0 Å². The molecule has 0 aromatic heterocycles. The molecule has 4 nitrogen and oxygen atoms in total. The number of carboxylic acid groups (broad SMARTS) is 1. The van der Waals surface area contributed by atoms with Crippen molar-refractivity contribution >= 4 is 5.97 Å². The summed E-state index contributed by atoms with van der Waals surface area (Å²) in [7, 11) is 1.50. The molecule has 0 aliphatic rings. The number of methoxy groups -OCH3 is 1. The van der Waals surface area contributed by atoms with Crippen molar-refractivity contribution in [2.45, 2.75) is 13.0 Å². The Balaban J connectivity index is 3.04. The molecular formula is C11H14O4. The third kappa shape index (κ3) is 2.70. The van der Waals surface area contributed by atoms with Crippen molar-refractivity contribution in [1.82, 2.24) is 0 Å². The van der Waals surface area contributed by atoms with Crippen molar-refractivity contribution in [2.75, 3.05) is 13.7 Å². The zero-order chi connectivity index (χ0) is 11.3. The van der Waals surface area contributed by atoms with Gasteiger partial charge in [-0.3, -0.25) is 0 Å². The van der Waals surface area contributed by atoms with E-state index in [1.807, 2.05) is 0 Å². The summed E-state index contributed by atoms with van der Waals surface area (Å²) in [4.78, 5) is 11.0. The van der Waals surface area contributed by atoms with Gasteiger partial charge in [0.2, 0.25) is 0 Å². The summed E-state index contributed by atoms with van der Waals surface area (Å²) in [5, 5.41) is 9.00. The number of ether oxygens (including phenoxy) is 2. The highest BCUT2D eigenvalue weighted by atomic mass is 16.5. The molecule has 1 atom stereocenters. The van der Waals surface area contributed by atoms with Crippen molar-refractivity contribution in [1.29, 1.82) is 0 Å². The summed E-state index contributed by atoms with van der Waals surface area (Å²) in [6.07, 6.45) is -0.967. The van der Waals surface area contributed by atoms with Gasteiger partial charge >= 0.3 is 5.97 Å². The van der Waals surface area contributed by atoms with E-state index < -0.39 is 12.1 Å². The highest BCUT2D eigenvalue weighted by molar-refractivity contribution is 5.75. The molecule has 0 fully saturated rings. The fourth-order valence-corrected chi connectivity index (χ4v) is 1.34. The number of carbonyl (C=O) groups is 1. The van der Waals surface area contributed by atoms with Crippen LogP contribution in [0.25, 0.3) is 0 Å². The summed E-state index contributed by atoms with van der Waals surface area (Å²) in [6.45, 7) is 2.10. The van der Waals surface area contributed by atoms with Gasteiger partial charge < -0.3 is 14.6 Å². The summed E-state index contributed by atoms with van der Waals surface area (Å²) in [6, 6.07) is 6.94. The average molecular weight is 210 g/mol. The number of benzene rings is 1. The fraction of sp³-hybridized carbons (Fsp3) is 0.364. The van der Waals surface area contributed by atoms with E-state index in [1.165, 1.54) is 7.11 Å². The molecule has 0 saturated carbocycles. The summed E-state index contributed by atoms with van der Waals surface area (Å²) < 4.78 is 10.2. The third-order valence-electron chi connectivity index (χ3n) is 1.98. The highest BCUT2D eigenvalue weighted by Crippen LogP contribution is 2.27. The van der Waals surface area contributed by atoms with Crippen molar-refractivity contribution in [3.63, 3.8) is 0 Å². The van der Waals surface area contributed by atoms with E-state index in [2.05, 4.69) is 0 Å². The van der Waals surface area contributed by atoms with Gasteiger partial charge in [-0.05, 0) is 13.0 Å². The molecule has 0 heterocycles. The largest absolute Gasteiger partial charge is 0.496 e. The normalized spacial score (nSPS) is 12.1. The number of carboxylic acids is 1. The van der Waals surface area contributed by atoms with Crippen molar-refractivity contribution in [2.24, 2.45) is 0 Å². The number of hydrogen-bond acceptors (Lipinski definition) is 3. The van der Waals surface area contributed by atoms with Crippen LogP contribution in [0, 0.1) is 0 Å². The highest BCUT2D eigenvalue weighted by Gasteiger charge is 2.23. The molecule has 0 spiro atoms. The second-order valence-electron chi connectivity index (χ2n) is 2.92. The Morgan fingerprint density at radius 3 is 2.67 bits per heavy atom. The number of para-hydroxylation sites is 1. The minimum atomic E-state index is -1.01. The first-order valence-electron chi connectivity index (χ1n) is 4.68. The Morgan fingerprint density at radius 2 is 2.13 bits per heavy atom. The van der Waals surface area contributed by atoms with Crippen molar-refractivity contribution in [3.05, 3.63) is 29.8 Å². The van der Waals surface area contributed by atoms with Crippen molar-refractivity contribution in [3.8, 4) is 5.75 Å². The predicted molar refractivity (Wildman–Crippen MR) is 55.0 cm³/mol. The van der Waals surface area contributed by atoms with Gasteiger partial charge in [-0.15, -0.1) is 0 Å². The first kappa shape index (κ1) is 11.5. The van der Waals surface area contributed by atoms with Gasteiger partial charge in [-0.2, -0.15) is 0 Å². The summed E-state index contributed by atoms with van der Waals surface area (Å²) in [5.41, 5.74) is 0.536. The van der Waals surface area contributed by atoms with Gasteiger partial charge in [0.05, 0.1) is 7.11 Å². The molecule has 0 bridgehead atoms. The van der Waals surface area contributed by atoms with Crippen LogP contribution in [0.5, 0.6) is 5.75 Å². The Morgan fingerprint density at radius 1 is 1.47 bits per heavy atom. The van der Waals surface area contributed by atoms with Gasteiger partial charge in [-0.25, -0.2) is 4.79 Å². The van der Waals surface area contributed by atoms with E-state index in [-0.39, 0.29) is 0 Å². The molecule has 1 rings (SSSR count). The zero-order valence-electron chi connectivity index (χ0n) is 8.77.